The Balaban J connectivity index is 0.00000312. The van der Waals surface area contributed by atoms with E-state index in [4.69, 9.17) is 5.73 Å². The predicted octanol–water partition coefficient (Wildman–Crippen LogP) is 3.92. The highest BCUT2D eigenvalue weighted by molar-refractivity contribution is 14.0. The van der Waals surface area contributed by atoms with Gasteiger partial charge in [-0.15, -0.1) is 24.0 Å². The van der Waals surface area contributed by atoms with E-state index in [1.54, 1.807) is 12.1 Å². The molecular weight excluding hydrogens is 495 g/mol. The Labute approximate surface area is 173 Å². The van der Waals surface area contributed by atoms with Gasteiger partial charge in [0.1, 0.15) is 0 Å². The van der Waals surface area contributed by atoms with Gasteiger partial charge in [0.15, 0.2) is 5.96 Å². The standard InChI is InChI=1S/C18H21BrN4O.HI/c1-13-6-8-16(9-7-13)23-18(20)22-11-3-10-21-17(24)14-4-2-5-15(19)12-14;/h2,4-9,12H,3,10-11H2,1H3,(H,21,24)(H3,20,22,23);1H. The molecule has 7 heteroatoms. The number of aliphatic imine (C=N–C) groups is 1. The number of benzene rings is 2. The molecule has 0 saturated heterocycles. The van der Waals surface area contributed by atoms with Gasteiger partial charge in [-0.25, -0.2) is 0 Å². The molecule has 4 N–H and O–H groups in total. The number of carbonyl (C=O) groups is 1. The molecule has 0 heterocycles. The van der Waals surface area contributed by atoms with Crippen LogP contribution in [0, 0.1) is 6.92 Å². The maximum atomic E-state index is 12.0. The lowest BCUT2D eigenvalue weighted by Crippen LogP contribution is -2.26. The van der Waals surface area contributed by atoms with Gasteiger partial charge in [-0.1, -0.05) is 39.7 Å². The SMILES string of the molecule is Cc1ccc(NC(N)=NCCCNC(=O)c2cccc(Br)c2)cc1.I. The van der Waals surface area contributed by atoms with Gasteiger partial charge >= 0.3 is 0 Å². The molecule has 0 aromatic heterocycles. The van der Waals surface area contributed by atoms with E-state index in [1.165, 1.54) is 5.56 Å². The second-order valence-electron chi connectivity index (χ2n) is 5.38. The fourth-order valence-corrected chi connectivity index (χ4v) is 2.44. The quantitative estimate of drug-likeness (QED) is 0.235. The van der Waals surface area contributed by atoms with Crippen LogP contribution in [0.1, 0.15) is 22.3 Å². The Morgan fingerprint density at radius 3 is 2.60 bits per heavy atom. The second kappa shape index (κ2) is 11.1. The van der Waals surface area contributed by atoms with Crippen LogP contribution in [0.25, 0.3) is 0 Å². The fourth-order valence-electron chi connectivity index (χ4n) is 2.04. The highest BCUT2D eigenvalue weighted by Crippen LogP contribution is 2.11. The summed E-state index contributed by atoms with van der Waals surface area (Å²) < 4.78 is 0.884. The molecule has 2 aromatic rings. The van der Waals surface area contributed by atoms with Crippen LogP contribution >= 0.6 is 39.9 Å². The third kappa shape index (κ3) is 7.87. The van der Waals surface area contributed by atoms with Crippen molar-refractivity contribution >= 4 is 57.5 Å². The molecule has 0 bridgehead atoms. The molecule has 25 heavy (non-hydrogen) atoms. The van der Waals surface area contributed by atoms with E-state index in [9.17, 15) is 4.79 Å². The Bertz CT molecular complexity index is 719. The number of nitrogens with zero attached hydrogens (tertiary/aromatic N) is 1. The van der Waals surface area contributed by atoms with Gasteiger partial charge in [-0.05, 0) is 43.7 Å². The van der Waals surface area contributed by atoms with Crippen LogP contribution in [0.15, 0.2) is 58.0 Å². The van der Waals surface area contributed by atoms with E-state index < -0.39 is 0 Å². The maximum absolute atomic E-state index is 12.0. The summed E-state index contributed by atoms with van der Waals surface area (Å²) in [5.41, 5.74) is 8.57. The number of hydrogen-bond acceptors (Lipinski definition) is 2. The number of amides is 1. The Morgan fingerprint density at radius 1 is 1.20 bits per heavy atom. The summed E-state index contributed by atoms with van der Waals surface area (Å²) in [4.78, 5) is 16.2. The van der Waals surface area contributed by atoms with Crippen LogP contribution in [0.4, 0.5) is 5.69 Å². The van der Waals surface area contributed by atoms with Gasteiger partial charge in [0.2, 0.25) is 0 Å². The zero-order chi connectivity index (χ0) is 17.4. The van der Waals surface area contributed by atoms with Gasteiger partial charge in [0, 0.05) is 28.8 Å². The molecular formula is C18H22BrIN4O. The van der Waals surface area contributed by atoms with Gasteiger partial charge in [0.25, 0.3) is 5.91 Å². The van der Waals surface area contributed by atoms with Gasteiger partial charge in [-0.2, -0.15) is 0 Å². The first-order valence-electron chi connectivity index (χ1n) is 7.72. The lowest BCUT2D eigenvalue weighted by atomic mass is 10.2. The van der Waals surface area contributed by atoms with Crippen molar-refractivity contribution in [1.29, 1.82) is 0 Å². The minimum atomic E-state index is -0.0916. The van der Waals surface area contributed by atoms with E-state index in [-0.39, 0.29) is 29.9 Å². The molecule has 0 fully saturated rings. The van der Waals surface area contributed by atoms with E-state index >= 15 is 0 Å². The number of anilines is 1. The first kappa shape index (κ1) is 21.4. The number of halogens is 2. The lowest BCUT2D eigenvalue weighted by molar-refractivity contribution is 0.0953. The number of carbonyl (C=O) groups excluding carboxylic acids is 1. The first-order valence-corrected chi connectivity index (χ1v) is 8.51. The molecule has 5 nitrogen and oxygen atoms in total. The number of nitrogens with one attached hydrogen (secondary N) is 2. The van der Waals surface area contributed by atoms with Crippen molar-refractivity contribution in [2.75, 3.05) is 18.4 Å². The number of nitrogens with two attached hydrogens (primary N) is 1. The zero-order valence-electron chi connectivity index (χ0n) is 14.0. The van der Waals surface area contributed by atoms with E-state index in [0.717, 1.165) is 16.6 Å². The average Bonchev–Trinajstić information content (AvgIpc) is 2.56. The van der Waals surface area contributed by atoms with Crippen molar-refractivity contribution in [1.82, 2.24) is 5.32 Å². The number of rotatable bonds is 6. The molecule has 0 radical (unpaired) electrons. The highest BCUT2D eigenvalue weighted by atomic mass is 127. The van der Waals surface area contributed by atoms with E-state index in [0.29, 0.717) is 24.6 Å². The second-order valence-corrected chi connectivity index (χ2v) is 6.29. The molecule has 0 saturated carbocycles. The molecule has 0 spiro atoms. The van der Waals surface area contributed by atoms with Crippen molar-refractivity contribution in [3.05, 3.63) is 64.1 Å². The van der Waals surface area contributed by atoms with Crippen LogP contribution in [0.3, 0.4) is 0 Å². The Kier molecular flexibility index (Phi) is 9.51. The molecule has 0 aliphatic heterocycles. The maximum Gasteiger partial charge on any atom is 0.251 e. The minimum Gasteiger partial charge on any atom is -0.370 e. The normalized spacial score (nSPS) is 10.7. The summed E-state index contributed by atoms with van der Waals surface area (Å²) in [6.45, 7) is 3.12. The largest absolute Gasteiger partial charge is 0.370 e. The molecule has 2 rings (SSSR count). The van der Waals surface area contributed by atoms with Crippen LogP contribution in [0.2, 0.25) is 0 Å². The summed E-state index contributed by atoms with van der Waals surface area (Å²) in [6.07, 6.45) is 0.718. The fraction of sp³-hybridized carbons (Fsp3) is 0.222. The smallest absolute Gasteiger partial charge is 0.251 e. The number of hydrogen-bond donors (Lipinski definition) is 3. The third-order valence-electron chi connectivity index (χ3n) is 3.31. The van der Waals surface area contributed by atoms with E-state index in [2.05, 4.69) is 31.6 Å². The van der Waals surface area contributed by atoms with Crippen LogP contribution in [0.5, 0.6) is 0 Å². The lowest BCUT2D eigenvalue weighted by Gasteiger charge is -2.07. The molecule has 0 atom stereocenters. The summed E-state index contributed by atoms with van der Waals surface area (Å²) >= 11 is 3.35. The van der Waals surface area contributed by atoms with Crippen molar-refractivity contribution in [2.24, 2.45) is 10.7 Å². The Hall–Kier alpha value is -1.61. The van der Waals surface area contributed by atoms with Gasteiger partial charge in [0.05, 0.1) is 0 Å². The summed E-state index contributed by atoms with van der Waals surface area (Å²) in [7, 11) is 0. The van der Waals surface area contributed by atoms with Crippen LogP contribution in [-0.2, 0) is 0 Å². The summed E-state index contributed by atoms with van der Waals surface area (Å²) in [5.74, 6) is 0.281. The first-order chi connectivity index (χ1) is 11.5. The summed E-state index contributed by atoms with van der Waals surface area (Å²) in [6, 6.07) is 15.2. The summed E-state index contributed by atoms with van der Waals surface area (Å²) in [5, 5.41) is 5.90. The molecule has 134 valence electrons. The number of guanidine groups is 1. The van der Waals surface area contributed by atoms with Crippen molar-refractivity contribution < 1.29 is 4.79 Å². The molecule has 0 unspecified atom stereocenters. The van der Waals surface area contributed by atoms with Crippen LogP contribution in [-0.4, -0.2) is 25.0 Å². The monoisotopic (exact) mass is 516 g/mol. The molecule has 0 aliphatic rings. The number of aryl methyl sites for hydroxylation is 1. The topological polar surface area (TPSA) is 79.5 Å². The molecule has 0 aliphatic carbocycles. The minimum absolute atomic E-state index is 0. The van der Waals surface area contributed by atoms with Gasteiger partial charge < -0.3 is 16.4 Å². The van der Waals surface area contributed by atoms with Crippen molar-refractivity contribution in [3.63, 3.8) is 0 Å². The van der Waals surface area contributed by atoms with Crippen LogP contribution < -0.4 is 16.4 Å². The Morgan fingerprint density at radius 2 is 1.92 bits per heavy atom. The van der Waals surface area contributed by atoms with Crippen molar-refractivity contribution in [2.45, 2.75) is 13.3 Å². The highest BCUT2D eigenvalue weighted by Gasteiger charge is 2.04. The van der Waals surface area contributed by atoms with Crippen molar-refractivity contribution in [3.8, 4) is 0 Å². The van der Waals surface area contributed by atoms with E-state index in [1.807, 2.05) is 43.3 Å². The predicted molar refractivity (Wildman–Crippen MR) is 118 cm³/mol. The molecule has 2 aromatic carbocycles. The molecule has 1 amide bonds. The third-order valence-corrected chi connectivity index (χ3v) is 3.81. The average molecular weight is 517 g/mol. The van der Waals surface area contributed by atoms with Gasteiger partial charge in [-0.3, -0.25) is 9.79 Å². The zero-order valence-corrected chi connectivity index (χ0v) is 17.9.